The number of carbonyl (C=O) groups is 1. The molecule has 1 fully saturated rings. The lowest BCUT2D eigenvalue weighted by atomic mass is 9.99. The summed E-state index contributed by atoms with van der Waals surface area (Å²) in [5, 5.41) is 4.07. The average Bonchev–Trinajstić information content (AvgIpc) is 3.15. The quantitative estimate of drug-likeness (QED) is 0.672. The lowest BCUT2D eigenvalue weighted by molar-refractivity contribution is -0.135. The summed E-state index contributed by atoms with van der Waals surface area (Å²) in [5.74, 6) is 2.05. The van der Waals surface area contributed by atoms with E-state index in [4.69, 9.17) is 9.26 Å². The molecule has 2 aromatic carbocycles. The van der Waals surface area contributed by atoms with Gasteiger partial charge in [0.05, 0.1) is 18.6 Å². The van der Waals surface area contributed by atoms with Gasteiger partial charge in [0.15, 0.2) is 0 Å². The monoisotopic (exact) mass is 363 g/mol. The Bertz CT molecular complexity index is 917. The first-order valence-electron chi connectivity index (χ1n) is 9.03. The van der Waals surface area contributed by atoms with E-state index in [1.807, 2.05) is 59.5 Å². The average molecular weight is 363 g/mol. The molecule has 2 heterocycles. The number of ether oxygens (including phenoxy) is 1. The summed E-state index contributed by atoms with van der Waals surface area (Å²) in [5.41, 5.74) is 1.98. The molecule has 27 heavy (non-hydrogen) atoms. The molecule has 0 saturated carbocycles. The number of amides is 1. The second-order valence-corrected chi connectivity index (χ2v) is 6.64. The van der Waals surface area contributed by atoms with Crippen LogP contribution in [0.5, 0.6) is 5.75 Å². The molecule has 6 nitrogen and oxygen atoms in total. The molecule has 0 spiro atoms. The van der Waals surface area contributed by atoms with Crippen LogP contribution in [0.1, 0.15) is 23.8 Å². The maximum absolute atomic E-state index is 12.3. The highest BCUT2D eigenvalue weighted by Crippen LogP contribution is 2.31. The van der Waals surface area contributed by atoms with Gasteiger partial charge in [-0.15, -0.1) is 0 Å². The molecule has 6 heteroatoms. The molecule has 0 bridgehead atoms. The van der Waals surface area contributed by atoms with Crippen molar-refractivity contribution in [2.75, 3.05) is 20.2 Å². The SMILES string of the molecule is COc1ccccc1-c1noc(C2CN(C(=O)CCc3ccccc3)C2)n1. The molecule has 1 aliphatic rings. The first-order chi connectivity index (χ1) is 13.2. The number of para-hydroxylation sites is 1. The third-order valence-electron chi connectivity index (χ3n) is 4.84. The number of aryl methyl sites for hydroxylation is 1. The van der Waals surface area contributed by atoms with Crippen LogP contribution in [-0.4, -0.2) is 41.1 Å². The van der Waals surface area contributed by atoms with Crippen molar-refractivity contribution in [2.45, 2.75) is 18.8 Å². The number of methoxy groups -OCH3 is 1. The third-order valence-corrected chi connectivity index (χ3v) is 4.84. The number of benzene rings is 2. The lowest BCUT2D eigenvalue weighted by Crippen LogP contribution is -2.48. The number of hydrogen-bond donors (Lipinski definition) is 0. The Morgan fingerprint density at radius 3 is 2.67 bits per heavy atom. The number of rotatable bonds is 6. The van der Waals surface area contributed by atoms with Crippen molar-refractivity contribution in [2.24, 2.45) is 0 Å². The second kappa shape index (κ2) is 7.61. The van der Waals surface area contributed by atoms with E-state index in [0.717, 1.165) is 12.0 Å². The molecule has 0 radical (unpaired) electrons. The van der Waals surface area contributed by atoms with Crippen molar-refractivity contribution in [1.82, 2.24) is 15.0 Å². The summed E-state index contributed by atoms with van der Waals surface area (Å²) in [6, 6.07) is 17.6. The van der Waals surface area contributed by atoms with Gasteiger partial charge >= 0.3 is 0 Å². The Morgan fingerprint density at radius 1 is 1.15 bits per heavy atom. The number of nitrogens with zero attached hydrogens (tertiary/aromatic N) is 3. The molecule has 0 atom stereocenters. The minimum atomic E-state index is 0.0987. The largest absolute Gasteiger partial charge is 0.496 e. The van der Waals surface area contributed by atoms with Crippen LogP contribution in [-0.2, 0) is 11.2 Å². The predicted octanol–water partition coefficient (Wildman–Crippen LogP) is 3.30. The number of aromatic nitrogens is 2. The van der Waals surface area contributed by atoms with Gasteiger partial charge in [-0.25, -0.2) is 0 Å². The van der Waals surface area contributed by atoms with Gasteiger partial charge in [0, 0.05) is 19.5 Å². The Kier molecular flexibility index (Phi) is 4.87. The van der Waals surface area contributed by atoms with Gasteiger partial charge in [0.25, 0.3) is 0 Å². The number of carbonyl (C=O) groups excluding carboxylic acids is 1. The van der Waals surface area contributed by atoms with Crippen LogP contribution in [0.15, 0.2) is 59.1 Å². The van der Waals surface area contributed by atoms with Gasteiger partial charge in [-0.05, 0) is 24.1 Å². The normalized spacial score (nSPS) is 14.0. The standard InChI is InChI=1S/C21H21N3O3/c1-26-18-10-6-5-9-17(18)20-22-21(27-23-20)16-13-24(14-16)19(25)12-11-15-7-3-2-4-8-15/h2-10,16H,11-14H2,1H3. The smallest absolute Gasteiger partial charge is 0.233 e. The summed E-state index contributed by atoms with van der Waals surface area (Å²) >= 11 is 0. The molecule has 138 valence electrons. The van der Waals surface area contributed by atoms with Gasteiger partial charge in [-0.2, -0.15) is 4.98 Å². The van der Waals surface area contributed by atoms with Crippen molar-refractivity contribution in [3.8, 4) is 17.1 Å². The zero-order valence-electron chi connectivity index (χ0n) is 15.2. The summed E-state index contributed by atoms with van der Waals surface area (Å²) in [6.45, 7) is 1.25. The van der Waals surface area contributed by atoms with Crippen LogP contribution in [0.4, 0.5) is 0 Å². The fraction of sp³-hybridized carbons (Fsp3) is 0.286. The van der Waals surface area contributed by atoms with E-state index < -0.39 is 0 Å². The van der Waals surface area contributed by atoms with Gasteiger partial charge < -0.3 is 14.2 Å². The predicted molar refractivity (Wildman–Crippen MR) is 100 cm³/mol. The van der Waals surface area contributed by atoms with E-state index in [2.05, 4.69) is 10.1 Å². The van der Waals surface area contributed by atoms with Crippen LogP contribution in [0.25, 0.3) is 11.4 Å². The summed E-state index contributed by atoms with van der Waals surface area (Å²) in [7, 11) is 1.62. The van der Waals surface area contributed by atoms with Crippen LogP contribution < -0.4 is 4.74 Å². The number of hydrogen-bond acceptors (Lipinski definition) is 5. The molecule has 0 unspecified atom stereocenters. The first kappa shape index (κ1) is 17.3. The molecule has 3 aromatic rings. The topological polar surface area (TPSA) is 68.5 Å². The van der Waals surface area contributed by atoms with E-state index in [1.54, 1.807) is 7.11 Å². The molecule has 4 rings (SSSR count). The third kappa shape index (κ3) is 3.69. The van der Waals surface area contributed by atoms with E-state index in [-0.39, 0.29) is 11.8 Å². The van der Waals surface area contributed by atoms with Crippen molar-refractivity contribution in [3.63, 3.8) is 0 Å². The minimum absolute atomic E-state index is 0.0987. The lowest BCUT2D eigenvalue weighted by Gasteiger charge is -2.37. The van der Waals surface area contributed by atoms with E-state index in [1.165, 1.54) is 5.56 Å². The molecule has 1 saturated heterocycles. The maximum atomic E-state index is 12.3. The van der Waals surface area contributed by atoms with E-state index in [0.29, 0.717) is 37.0 Å². The molecule has 1 amide bonds. The molecule has 1 aromatic heterocycles. The molecular weight excluding hydrogens is 342 g/mol. The molecule has 0 aliphatic carbocycles. The fourth-order valence-electron chi connectivity index (χ4n) is 3.23. The maximum Gasteiger partial charge on any atom is 0.233 e. The van der Waals surface area contributed by atoms with Crippen molar-refractivity contribution < 1.29 is 14.1 Å². The van der Waals surface area contributed by atoms with Crippen molar-refractivity contribution in [3.05, 3.63) is 66.1 Å². The van der Waals surface area contributed by atoms with Gasteiger partial charge in [-0.3, -0.25) is 4.79 Å². The van der Waals surface area contributed by atoms with Crippen molar-refractivity contribution in [1.29, 1.82) is 0 Å². The van der Waals surface area contributed by atoms with Crippen LogP contribution >= 0.6 is 0 Å². The van der Waals surface area contributed by atoms with Gasteiger partial charge in [0.1, 0.15) is 5.75 Å². The first-order valence-corrected chi connectivity index (χ1v) is 9.03. The van der Waals surface area contributed by atoms with E-state index in [9.17, 15) is 4.79 Å². The summed E-state index contributed by atoms with van der Waals surface area (Å²) < 4.78 is 10.8. The van der Waals surface area contributed by atoms with Gasteiger partial charge in [-0.1, -0.05) is 47.6 Å². The zero-order valence-corrected chi connectivity index (χ0v) is 15.2. The van der Waals surface area contributed by atoms with Gasteiger partial charge in [0.2, 0.25) is 17.6 Å². The fourth-order valence-corrected chi connectivity index (χ4v) is 3.23. The zero-order chi connectivity index (χ0) is 18.6. The Hall–Kier alpha value is -3.15. The highest BCUT2D eigenvalue weighted by Gasteiger charge is 2.35. The number of likely N-dealkylation sites (tertiary alicyclic amines) is 1. The highest BCUT2D eigenvalue weighted by atomic mass is 16.5. The summed E-state index contributed by atoms with van der Waals surface area (Å²) in [6.07, 6.45) is 1.28. The van der Waals surface area contributed by atoms with E-state index >= 15 is 0 Å². The van der Waals surface area contributed by atoms with Crippen LogP contribution in [0.2, 0.25) is 0 Å². The van der Waals surface area contributed by atoms with Crippen LogP contribution in [0, 0.1) is 0 Å². The second-order valence-electron chi connectivity index (χ2n) is 6.64. The molecular formula is C21H21N3O3. The Labute approximate surface area is 157 Å². The Morgan fingerprint density at radius 2 is 1.89 bits per heavy atom. The molecule has 0 N–H and O–H groups in total. The molecule has 1 aliphatic heterocycles. The van der Waals surface area contributed by atoms with Crippen molar-refractivity contribution >= 4 is 5.91 Å². The summed E-state index contributed by atoms with van der Waals surface area (Å²) in [4.78, 5) is 18.7. The van der Waals surface area contributed by atoms with Crippen LogP contribution in [0.3, 0.4) is 0 Å². The Balaban J connectivity index is 1.33. The highest BCUT2D eigenvalue weighted by molar-refractivity contribution is 5.77. The minimum Gasteiger partial charge on any atom is -0.496 e.